The van der Waals surface area contributed by atoms with E-state index in [9.17, 15) is 26.3 Å². The van der Waals surface area contributed by atoms with Crippen molar-refractivity contribution < 1.29 is 36.6 Å². The molecule has 22 heavy (non-hydrogen) atoms. The highest BCUT2D eigenvalue weighted by atomic mass is 19.4. The van der Waals surface area contributed by atoms with Gasteiger partial charge in [-0.1, -0.05) is 18.2 Å². The summed E-state index contributed by atoms with van der Waals surface area (Å²) in [5, 5.41) is 0. The van der Waals surface area contributed by atoms with E-state index >= 15 is 0 Å². The molecule has 0 atom stereocenters. The van der Waals surface area contributed by atoms with Crippen molar-refractivity contribution in [2.75, 3.05) is 0 Å². The van der Waals surface area contributed by atoms with Crippen molar-refractivity contribution in [1.29, 1.82) is 0 Å². The van der Waals surface area contributed by atoms with Crippen LogP contribution >= 0.6 is 0 Å². The molecule has 0 aromatic heterocycles. The lowest BCUT2D eigenvalue weighted by molar-refractivity contribution is -0.143. The molecule has 120 valence electrons. The molecule has 2 aromatic carbocycles. The molecular formula is C14H10F6O2. The SMILES string of the molecule is FC(F)(F)c1ccc(Oc2ccccc2)c(C(F)(F)F)c1.O. The Kier molecular flexibility index (Phi) is 5.08. The number of rotatable bonds is 2. The van der Waals surface area contributed by atoms with E-state index in [1.807, 2.05) is 0 Å². The van der Waals surface area contributed by atoms with E-state index in [4.69, 9.17) is 4.74 Å². The van der Waals surface area contributed by atoms with Crippen LogP contribution in [0.25, 0.3) is 0 Å². The summed E-state index contributed by atoms with van der Waals surface area (Å²) in [4.78, 5) is 0. The third-order valence-electron chi connectivity index (χ3n) is 2.58. The predicted molar refractivity (Wildman–Crippen MR) is 66.6 cm³/mol. The van der Waals surface area contributed by atoms with Crippen molar-refractivity contribution >= 4 is 0 Å². The minimum absolute atomic E-state index is 0. The first-order chi connectivity index (χ1) is 9.68. The second kappa shape index (κ2) is 6.27. The van der Waals surface area contributed by atoms with Crippen molar-refractivity contribution in [3.63, 3.8) is 0 Å². The minimum Gasteiger partial charge on any atom is -0.457 e. The van der Waals surface area contributed by atoms with Gasteiger partial charge in [-0.3, -0.25) is 0 Å². The highest BCUT2D eigenvalue weighted by Crippen LogP contribution is 2.41. The first-order valence-corrected chi connectivity index (χ1v) is 5.69. The molecule has 0 heterocycles. The van der Waals surface area contributed by atoms with Crippen LogP contribution in [0.2, 0.25) is 0 Å². The molecule has 0 fully saturated rings. The quantitative estimate of drug-likeness (QED) is 0.739. The van der Waals surface area contributed by atoms with Gasteiger partial charge in [0.15, 0.2) is 0 Å². The molecule has 0 saturated carbocycles. The number of alkyl halides is 6. The van der Waals surface area contributed by atoms with Crippen molar-refractivity contribution in [2.24, 2.45) is 0 Å². The fourth-order valence-corrected chi connectivity index (χ4v) is 1.63. The summed E-state index contributed by atoms with van der Waals surface area (Å²) in [7, 11) is 0. The van der Waals surface area contributed by atoms with Crippen LogP contribution in [0.4, 0.5) is 26.3 Å². The van der Waals surface area contributed by atoms with Gasteiger partial charge in [0.05, 0.1) is 11.1 Å². The Morgan fingerprint density at radius 1 is 0.727 bits per heavy atom. The van der Waals surface area contributed by atoms with Crippen LogP contribution in [-0.4, -0.2) is 5.48 Å². The topological polar surface area (TPSA) is 40.7 Å². The van der Waals surface area contributed by atoms with Gasteiger partial charge >= 0.3 is 12.4 Å². The van der Waals surface area contributed by atoms with Gasteiger partial charge in [0.2, 0.25) is 0 Å². The summed E-state index contributed by atoms with van der Waals surface area (Å²) < 4.78 is 81.2. The average molecular weight is 324 g/mol. The number of benzene rings is 2. The largest absolute Gasteiger partial charge is 0.457 e. The molecule has 0 radical (unpaired) electrons. The van der Waals surface area contributed by atoms with Crippen LogP contribution in [0.15, 0.2) is 48.5 Å². The standard InChI is InChI=1S/C14H8F6O.H2O/c15-13(16,17)9-6-7-12(11(8-9)14(18,19)20)21-10-4-2-1-3-5-10;/h1-8H;1H2. The molecule has 2 nitrogen and oxygen atoms in total. The summed E-state index contributed by atoms with van der Waals surface area (Å²) in [6.07, 6.45) is -9.81. The number of ether oxygens (including phenoxy) is 1. The Morgan fingerprint density at radius 2 is 1.32 bits per heavy atom. The van der Waals surface area contributed by atoms with Gasteiger partial charge in [-0.2, -0.15) is 26.3 Å². The third-order valence-corrected chi connectivity index (χ3v) is 2.58. The van der Waals surface area contributed by atoms with Crippen LogP contribution in [-0.2, 0) is 12.4 Å². The molecule has 2 rings (SSSR count). The number of hydrogen-bond acceptors (Lipinski definition) is 1. The van der Waals surface area contributed by atoms with Gasteiger partial charge in [0.1, 0.15) is 11.5 Å². The van der Waals surface area contributed by atoms with Gasteiger partial charge < -0.3 is 10.2 Å². The van der Waals surface area contributed by atoms with E-state index < -0.39 is 29.2 Å². The number of hydrogen-bond donors (Lipinski definition) is 0. The lowest BCUT2D eigenvalue weighted by atomic mass is 10.1. The normalized spacial score (nSPS) is 11.7. The second-order valence-corrected chi connectivity index (χ2v) is 4.12. The second-order valence-electron chi connectivity index (χ2n) is 4.12. The molecule has 0 aliphatic carbocycles. The van der Waals surface area contributed by atoms with Crippen LogP contribution in [0.5, 0.6) is 11.5 Å². The zero-order valence-corrected chi connectivity index (χ0v) is 10.8. The summed E-state index contributed by atoms with van der Waals surface area (Å²) in [6, 6.07) is 8.75. The van der Waals surface area contributed by atoms with Gasteiger partial charge in [-0.15, -0.1) is 0 Å². The molecule has 0 bridgehead atoms. The zero-order valence-electron chi connectivity index (χ0n) is 10.8. The lowest BCUT2D eigenvalue weighted by Gasteiger charge is -2.16. The summed E-state index contributed by atoms with van der Waals surface area (Å²) in [5.74, 6) is -0.579. The maximum atomic E-state index is 12.9. The molecule has 0 spiro atoms. The van der Waals surface area contributed by atoms with Gasteiger partial charge in [-0.05, 0) is 30.3 Å². The highest BCUT2D eigenvalue weighted by Gasteiger charge is 2.39. The van der Waals surface area contributed by atoms with Crippen LogP contribution < -0.4 is 4.74 Å². The number of halogens is 6. The van der Waals surface area contributed by atoms with Gasteiger partial charge in [0.25, 0.3) is 0 Å². The van der Waals surface area contributed by atoms with Crippen molar-refractivity contribution in [2.45, 2.75) is 12.4 Å². The molecule has 0 amide bonds. The van der Waals surface area contributed by atoms with Crippen LogP contribution in [0.3, 0.4) is 0 Å². The molecule has 8 heteroatoms. The Morgan fingerprint density at radius 3 is 1.82 bits per heavy atom. The predicted octanol–water partition coefficient (Wildman–Crippen LogP) is 4.69. The van der Waals surface area contributed by atoms with E-state index in [1.54, 1.807) is 6.07 Å². The van der Waals surface area contributed by atoms with E-state index in [1.165, 1.54) is 24.3 Å². The number of para-hydroxylation sites is 1. The van der Waals surface area contributed by atoms with E-state index in [-0.39, 0.29) is 17.3 Å². The van der Waals surface area contributed by atoms with Crippen molar-refractivity contribution in [3.8, 4) is 11.5 Å². The molecule has 2 N–H and O–H groups in total. The zero-order chi connectivity index (χ0) is 15.7. The fourth-order valence-electron chi connectivity index (χ4n) is 1.63. The molecule has 2 aromatic rings. The summed E-state index contributed by atoms with van der Waals surface area (Å²) in [6.45, 7) is 0. The van der Waals surface area contributed by atoms with Crippen molar-refractivity contribution in [3.05, 3.63) is 59.7 Å². The monoisotopic (exact) mass is 324 g/mol. The van der Waals surface area contributed by atoms with E-state index in [0.29, 0.717) is 12.1 Å². The summed E-state index contributed by atoms with van der Waals surface area (Å²) in [5.41, 5.74) is -2.85. The third kappa shape index (κ3) is 4.14. The Hall–Kier alpha value is -2.22. The molecule has 0 aliphatic rings. The van der Waals surface area contributed by atoms with Gasteiger partial charge in [0, 0.05) is 0 Å². The smallest absolute Gasteiger partial charge is 0.420 e. The average Bonchev–Trinajstić information content (AvgIpc) is 2.38. The Bertz CT molecular complexity index is 619. The van der Waals surface area contributed by atoms with Gasteiger partial charge in [-0.25, -0.2) is 0 Å². The molecule has 0 saturated heterocycles. The van der Waals surface area contributed by atoms with E-state index in [2.05, 4.69) is 0 Å². The maximum absolute atomic E-state index is 12.9. The Labute approximate surface area is 121 Å². The van der Waals surface area contributed by atoms with Crippen LogP contribution in [0.1, 0.15) is 11.1 Å². The maximum Gasteiger partial charge on any atom is 0.420 e. The molecular weight excluding hydrogens is 314 g/mol. The minimum atomic E-state index is -4.95. The molecule has 0 unspecified atom stereocenters. The summed E-state index contributed by atoms with van der Waals surface area (Å²) >= 11 is 0. The van der Waals surface area contributed by atoms with E-state index in [0.717, 1.165) is 0 Å². The lowest BCUT2D eigenvalue weighted by Crippen LogP contribution is -2.11. The molecule has 0 aliphatic heterocycles. The van der Waals surface area contributed by atoms with Crippen molar-refractivity contribution in [1.82, 2.24) is 0 Å². The first-order valence-electron chi connectivity index (χ1n) is 5.69. The first kappa shape index (κ1) is 17.8. The fraction of sp³-hybridized carbons (Fsp3) is 0.143. The highest BCUT2D eigenvalue weighted by molar-refractivity contribution is 5.43. The van der Waals surface area contributed by atoms with Crippen LogP contribution in [0, 0.1) is 0 Å². The Balaban J connectivity index is 0.00000242.